The first-order valence-electron chi connectivity index (χ1n) is 6.00. The highest BCUT2D eigenvalue weighted by atomic mass is 19.4. The lowest BCUT2D eigenvalue weighted by atomic mass is 10.1. The van der Waals surface area contributed by atoms with Crippen LogP contribution in [-0.2, 0) is 10.9 Å². The van der Waals surface area contributed by atoms with Gasteiger partial charge in [-0.05, 0) is 18.2 Å². The number of halogens is 4. The Morgan fingerprint density at radius 1 is 1.43 bits per heavy atom. The quantitative estimate of drug-likeness (QED) is 0.747. The van der Waals surface area contributed by atoms with Gasteiger partial charge < -0.3 is 9.64 Å². The van der Waals surface area contributed by atoms with E-state index in [1.807, 2.05) is 6.07 Å². The SMILES string of the molecule is N#CC1CN(C(=O)c2ccc(F)c(C(F)(F)F)c2)CCO1. The van der Waals surface area contributed by atoms with Gasteiger partial charge in [-0.15, -0.1) is 0 Å². The normalized spacial score (nSPS) is 19.2. The molecule has 112 valence electrons. The number of hydrogen-bond donors (Lipinski definition) is 0. The second kappa shape index (κ2) is 5.69. The highest BCUT2D eigenvalue weighted by Gasteiger charge is 2.35. The molecule has 4 nitrogen and oxygen atoms in total. The summed E-state index contributed by atoms with van der Waals surface area (Å²) in [5.41, 5.74) is -1.76. The summed E-state index contributed by atoms with van der Waals surface area (Å²) in [7, 11) is 0. The molecule has 0 spiro atoms. The van der Waals surface area contributed by atoms with E-state index in [4.69, 9.17) is 10.00 Å². The first-order valence-corrected chi connectivity index (χ1v) is 6.00. The lowest BCUT2D eigenvalue weighted by Gasteiger charge is -2.30. The number of morpholine rings is 1. The van der Waals surface area contributed by atoms with Crippen molar-refractivity contribution in [3.63, 3.8) is 0 Å². The van der Waals surface area contributed by atoms with Gasteiger partial charge in [-0.3, -0.25) is 4.79 Å². The van der Waals surface area contributed by atoms with Crippen LogP contribution in [0, 0.1) is 17.1 Å². The van der Waals surface area contributed by atoms with E-state index in [0.29, 0.717) is 12.1 Å². The molecule has 0 saturated carbocycles. The number of carbonyl (C=O) groups excluding carboxylic acids is 1. The number of carbonyl (C=O) groups is 1. The smallest absolute Gasteiger partial charge is 0.360 e. The van der Waals surface area contributed by atoms with E-state index >= 15 is 0 Å². The van der Waals surface area contributed by atoms with Crippen LogP contribution in [0.4, 0.5) is 17.6 Å². The van der Waals surface area contributed by atoms with Crippen molar-refractivity contribution in [2.24, 2.45) is 0 Å². The molecule has 1 aliphatic heterocycles. The summed E-state index contributed by atoms with van der Waals surface area (Å²) in [5, 5.41) is 8.74. The highest BCUT2D eigenvalue weighted by molar-refractivity contribution is 5.94. The van der Waals surface area contributed by atoms with Crippen molar-refractivity contribution in [2.75, 3.05) is 19.7 Å². The second-order valence-electron chi connectivity index (χ2n) is 4.43. The minimum Gasteiger partial charge on any atom is -0.360 e. The third-order valence-electron chi connectivity index (χ3n) is 3.02. The number of amides is 1. The van der Waals surface area contributed by atoms with Crippen molar-refractivity contribution >= 4 is 5.91 Å². The fourth-order valence-corrected chi connectivity index (χ4v) is 1.97. The molecular formula is C13H10F4N2O2. The van der Waals surface area contributed by atoms with E-state index in [2.05, 4.69) is 0 Å². The van der Waals surface area contributed by atoms with Gasteiger partial charge in [0, 0.05) is 12.1 Å². The number of benzene rings is 1. The molecule has 1 saturated heterocycles. The van der Waals surface area contributed by atoms with Gasteiger partial charge in [0.2, 0.25) is 0 Å². The zero-order valence-electron chi connectivity index (χ0n) is 10.7. The number of rotatable bonds is 1. The van der Waals surface area contributed by atoms with E-state index in [-0.39, 0.29) is 25.3 Å². The van der Waals surface area contributed by atoms with Crippen molar-refractivity contribution in [3.05, 3.63) is 35.1 Å². The number of alkyl halides is 3. The third-order valence-corrected chi connectivity index (χ3v) is 3.02. The van der Waals surface area contributed by atoms with Gasteiger partial charge in [0.25, 0.3) is 5.91 Å². The maximum atomic E-state index is 13.2. The molecule has 0 aromatic heterocycles. The van der Waals surface area contributed by atoms with Crippen LogP contribution in [0.3, 0.4) is 0 Å². The van der Waals surface area contributed by atoms with Gasteiger partial charge in [0.1, 0.15) is 5.82 Å². The van der Waals surface area contributed by atoms with E-state index in [1.165, 1.54) is 4.90 Å². The first-order chi connectivity index (χ1) is 9.82. The van der Waals surface area contributed by atoms with Gasteiger partial charge in [-0.1, -0.05) is 0 Å². The predicted octanol–water partition coefficient (Wildman–Crippen LogP) is 2.21. The van der Waals surface area contributed by atoms with Gasteiger partial charge in [0.05, 0.1) is 24.8 Å². The zero-order chi connectivity index (χ0) is 15.6. The Hall–Kier alpha value is -2.14. The van der Waals surface area contributed by atoms with Crippen LogP contribution in [0.1, 0.15) is 15.9 Å². The van der Waals surface area contributed by atoms with E-state index < -0.39 is 29.6 Å². The largest absolute Gasteiger partial charge is 0.419 e. The second-order valence-corrected chi connectivity index (χ2v) is 4.43. The zero-order valence-corrected chi connectivity index (χ0v) is 10.7. The molecule has 8 heteroatoms. The van der Waals surface area contributed by atoms with E-state index in [0.717, 1.165) is 6.07 Å². The molecule has 1 atom stereocenters. The molecule has 0 radical (unpaired) electrons. The van der Waals surface area contributed by atoms with Crippen LogP contribution < -0.4 is 0 Å². The molecule has 2 rings (SSSR count). The summed E-state index contributed by atoms with van der Waals surface area (Å²) in [6, 6.07) is 3.91. The molecule has 1 aromatic rings. The van der Waals surface area contributed by atoms with Gasteiger partial charge in [-0.25, -0.2) is 4.39 Å². The topological polar surface area (TPSA) is 53.3 Å². The maximum Gasteiger partial charge on any atom is 0.419 e. The van der Waals surface area contributed by atoms with Gasteiger partial charge >= 0.3 is 6.18 Å². The first kappa shape index (κ1) is 15.3. The van der Waals surface area contributed by atoms with Gasteiger partial charge in [0.15, 0.2) is 6.10 Å². The summed E-state index contributed by atoms with van der Waals surface area (Å²) in [6.45, 7) is 0.251. The molecule has 21 heavy (non-hydrogen) atoms. The fourth-order valence-electron chi connectivity index (χ4n) is 1.97. The van der Waals surface area contributed by atoms with Crippen LogP contribution in [0.5, 0.6) is 0 Å². The average molecular weight is 302 g/mol. The molecule has 1 fully saturated rings. The van der Waals surface area contributed by atoms with Crippen LogP contribution in [0.15, 0.2) is 18.2 Å². The molecule has 0 aliphatic carbocycles. The standard InChI is InChI=1S/C13H10F4N2O2/c14-11-2-1-8(5-10(11)13(15,16)17)12(20)19-3-4-21-9(6-18)7-19/h1-2,5,9H,3-4,7H2. The molecular weight excluding hydrogens is 292 g/mol. The molecule has 1 aliphatic rings. The van der Waals surface area contributed by atoms with Crippen LogP contribution >= 0.6 is 0 Å². The Kier molecular flexibility index (Phi) is 4.14. The summed E-state index contributed by atoms with van der Waals surface area (Å²) in [5.74, 6) is -2.13. The Labute approximate surface area is 117 Å². The van der Waals surface area contributed by atoms with Crippen LogP contribution in [0.25, 0.3) is 0 Å². The number of ether oxygens (including phenoxy) is 1. The minimum absolute atomic E-state index is 0.0337. The Morgan fingerprint density at radius 2 is 2.14 bits per heavy atom. The van der Waals surface area contributed by atoms with Crippen molar-refractivity contribution in [3.8, 4) is 6.07 Å². The maximum absolute atomic E-state index is 13.2. The van der Waals surface area contributed by atoms with Gasteiger partial charge in [-0.2, -0.15) is 18.4 Å². The molecule has 1 aromatic carbocycles. The summed E-state index contributed by atoms with van der Waals surface area (Å²) in [6.07, 6.45) is -5.69. The molecule has 1 unspecified atom stereocenters. The fraction of sp³-hybridized carbons (Fsp3) is 0.385. The predicted molar refractivity (Wildman–Crippen MR) is 62.7 cm³/mol. The van der Waals surface area contributed by atoms with Crippen LogP contribution in [-0.4, -0.2) is 36.6 Å². The number of nitriles is 1. The Bertz CT molecular complexity index is 595. The van der Waals surface area contributed by atoms with E-state index in [1.54, 1.807) is 0 Å². The third kappa shape index (κ3) is 3.31. The minimum atomic E-state index is -4.87. The monoisotopic (exact) mass is 302 g/mol. The molecule has 0 N–H and O–H groups in total. The van der Waals surface area contributed by atoms with Crippen molar-refractivity contribution in [1.82, 2.24) is 4.90 Å². The van der Waals surface area contributed by atoms with Crippen LogP contribution in [0.2, 0.25) is 0 Å². The molecule has 1 amide bonds. The highest BCUT2D eigenvalue weighted by Crippen LogP contribution is 2.32. The lowest BCUT2D eigenvalue weighted by Crippen LogP contribution is -2.45. The van der Waals surface area contributed by atoms with Crippen molar-refractivity contribution < 1.29 is 27.1 Å². The van der Waals surface area contributed by atoms with E-state index in [9.17, 15) is 22.4 Å². The summed E-state index contributed by atoms with van der Waals surface area (Å²) < 4.78 is 56.1. The summed E-state index contributed by atoms with van der Waals surface area (Å²) >= 11 is 0. The van der Waals surface area contributed by atoms with Crippen molar-refractivity contribution in [2.45, 2.75) is 12.3 Å². The number of hydrogen-bond acceptors (Lipinski definition) is 3. The van der Waals surface area contributed by atoms with Crippen molar-refractivity contribution in [1.29, 1.82) is 5.26 Å². The summed E-state index contributed by atoms with van der Waals surface area (Å²) in [4.78, 5) is 13.3. The molecule has 1 heterocycles. The Morgan fingerprint density at radius 3 is 2.76 bits per heavy atom. The lowest BCUT2D eigenvalue weighted by molar-refractivity contribution is -0.140. The average Bonchev–Trinajstić information content (AvgIpc) is 2.46. The molecule has 0 bridgehead atoms. The number of nitrogens with zero attached hydrogens (tertiary/aromatic N) is 2. The Balaban J connectivity index is 2.26.